The summed E-state index contributed by atoms with van der Waals surface area (Å²) in [5, 5.41) is 3.04. The van der Waals surface area contributed by atoms with Crippen molar-refractivity contribution in [3.63, 3.8) is 0 Å². The highest BCUT2D eigenvalue weighted by molar-refractivity contribution is 5.81. The van der Waals surface area contributed by atoms with Crippen molar-refractivity contribution in [3.05, 3.63) is 29.8 Å². The summed E-state index contributed by atoms with van der Waals surface area (Å²) in [7, 11) is 1.64. The fourth-order valence-electron chi connectivity index (χ4n) is 1.99. The average Bonchev–Trinajstić information content (AvgIpc) is 3.24. The van der Waals surface area contributed by atoms with Crippen LogP contribution in [-0.2, 0) is 9.53 Å². The van der Waals surface area contributed by atoms with E-state index in [1.54, 1.807) is 7.11 Å². The first kappa shape index (κ1) is 13.9. The molecule has 0 unspecified atom stereocenters. The first-order valence-electron chi connectivity index (χ1n) is 6.76. The van der Waals surface area contributed by atoms with Gasteiger partial charge in [-0.25, -0.2) is 0 Å². The predicted molar refractivity (Wildman–Crippen MR) is 73.1 cm³/mol. The van der Waals surface area contributed by atoms with Gasteiger partial charge in [0.2, 0.25) is 5.91 Å². The topological polar surface area (TPSA) is 47.6 Å². The second kappa shape index (κ2) is 6.57. The molecule has 19 heavy (non-hydrogen) atoms. The van der Waals surface area contributed by atoms with E-state index >= 15 is 0 Å². The van der Waals surface area contributed by atoms with Crippen LogP contribution < -0.4 is 10.1 Å². The maximum Gasteiger partial charge on any atom is 0.223 e. The number of carbonyl (C=O) groups excluding carboxylic acids is 1. The fraction of sp³-hybridized carbons (Fsp3) is 0.533. The molecule has 0 bridgehead atoms. The minimum atomic E-state index is -0.0891. The zero-order valence-corrected chi connectivity index (χ0v) is 11.5. The monoisotopic (exact) mass is 263 g/mol. The smallest absolute Gasteiger partial charge is 0.223 e. The van der Waals surface area contributed by atoms with Crippen molar-refractivity contribution in [2.45, 2.75) is 25.8 Å². The average molecular weight is 263 g/mol. The van der Waals surface area contributed by atoms with Crippen LogP contribution in [-0.4, -0.2) is 26.2 Å². The van der Waals surface area contributed by atoms with Crippen molar-refractivity contribution in [2.75, 3.05) is 20.3 Å². The third-order valence-electron chi connectivity index (χ3n) is 3.19. The Morgan fingerprint density at radius 3 is 2.58 bits per heavy atom. The van der Waals surface area contributed by atoms with E-state index in [0.29, 0.717) is 13.2 Å². The van der Waals surface area contributed by atoms with Gasteiger partial charge in [-0.3, -0.25) is 4.79 Å². The Labute approximate surface area is 114 Å². The normalized spacial score (nSPS) is 15.9. The van der Waals surface area contributed by atoms with Crippen molar-refractivity contribution in [1.29, 1.82) is 0 Å². The van der Waals surface area contributed by atoms with Crippen LogP contribution in [0.25, 0.3) is 0 Å². The molecule has 1 aromatic carbocycles. The Hall–Kier alpha value is -1.55. The maximum absolute atomic E-state index is 11.8. The second-order valence-corrected chi connectivity index (χ2v) is 4.79. The van der Waals surface area contributed by atoms with Crippen LogP contribution >= 0.6 is 0 Å². The van der Waals surface area contributed by atoms with Crippen LogP contribution in [0.5, 0.6) is 5.75 Å². The number of hydrogen-bond acceptors (Lipinski definition) is 3. The van der Waals surface area contributed by atoms with Crippen LogP contribution in [0.4, 0.5) is 0 Å². The Morgan fingerprint density at radius 1 is 1.37 bits per heavy atom. The Morgan fingerprint density at radius 2 is 2.05 bits per heavy atom. The number of methoxy groups -OCH3 is 1. The Kier molecular flexibility index (Phi) is 4.80. The van der Waals surface area contributed by atoms with Gasteiger partial charge in [0.05, 0.1) is 19.3 Å². The van der Waals surface area contributed by atoms with Crippen molar-refractivity contribution in [1.82, 2.24) is 5.32 Å². The highest BCUT2D eigenvalue weighted by Crippen LogP contribution is 2.30. The first-order chi connectivity index (χ1) is 9.24. The van der Waals surface area contributed by atoms with E-state index in [1.807, 2.05) is 31.2 Å². The van der Waals surface area contributed by atoms with E-state index < -0.39 is 0 Å². The van der Waals surface area contributed by atoms with Gasteiger partial charge in [0.15, 0.2) is 0 Å². The summed E-state index contributed by atoms with van der Waals surface area (Å²) >= 11 is 0. The van der Waals surface area contributed by atoms with Crippen molar-refractivity contribution < 1.29 is 14.3 Å². The lowest BCUT2D eigenvalue weighted by molar-refractivity contribution is -0.123. The number of ether oxygens (including phenoxy) is 2. The quantitative estimate of drug-likeness (QED) is 0.821. The lowest BCUT2D eigenvalue weighted by Crippen LogP contribution is -2.32. The van der Waals surface area contributed by atoms with E-state index in [0.717, 1.165) is 24.2 Å². The van der Waals surface area contributed by atoms with Crippen LogP contribution in [0.2, 0.25) is 0 Å². The van der Waals surface area contributed by atoms with Gasteiger partial charge in [-0.2, -0.15) is 0 Å². The van der Waals surface area contributed by atoms with E-state index in [4.69, 9.17) is 9.47 Å². The van der Waals surface area contributed by atoms with E-state index in [2.05, 4.69) is 5.32 Å². The van der Waals surface area contributed by atoms with Gasteiger partial charge in [-0.1, -0.05) is 12.1 Å². The number of rotatable bonds is 7. The number of carbonyl (C=O) groups is 1. The zero-order chi connectivity index (χ0) is 13.7. The molecule has 1 amide bonds. The van der Waals surface area contributed by atoms with Gasteiger partial charge < -0.3 is 14.8 Å². The number of benzene rings is 1. The molecule has 0 heterocycles. The van der Waals surface area contributed by atoms with E-state index in [-0.39, 0.29) is 17.9 Å². The van der Waals surface area contributed by atoms with Crippen molar-refractivity contribution in [3.8, 4) is 5.75 Å². The SMILES string of the molecule is CCOc1ccc([C@H](COC)NC(=O)C2CC2)cc1. The van der Waals surface area contributed by atoms with Gasteiger partial charge in [0, 0.05) is 13.0 Å². The molecule has 1 aromatic rings. The molecular weight excluding hydrogens is 242 g/mol. The molecule has 4 heteroatoms. The summed E-state index contributed by atoms with van der Waals surface area (Å²) in [5.74, 6) is 1.19. The summed E-state index contributed by atoms with van der Waals surface area (Å²) in [6.45, 7) is 3.09. The predicted octanol–water partition coefficient (Wildman–Crippen LogP) is 2.30. The molecule has 2 rings (SSSR count). The van der Waals surface area contributed by atoms with Crippen molar-refractivity contribution >= 4 is 5.91 Å². The molecule has 1 aliphatic carbocycles. The maximum atomic E-state index is 11.8. The molecule has 0 radical (unpaired) electrons. The third-order valence-corrected chi connectivity index (χ3v) is 3.19. The highest BCUT2D eigenvalue weighted by Gasteiger charge is 2.31. The van der Waals surface area contributed by atoms with Gasteiger partial charge >= 0.3 is 0 Å². The summed E-state index contributed by atoms with van der Waals surface area (Å²) in [4.78, 5) is 11.8. The Balaban J connectivity index is 2.02. The van der Waals surface area contributed by atoms with Gasteiger partial charge in [0.25, 0.3) is 0 Å². The largest absolute Gasteiger partial charge is 0.494 e. The number of hydrogen-bond donors (Lipinski definition) is 1. The molecule has 4 nitrogen and oxygen atoms in total. The molecule has 0 aromatic heterocycles. The van der Waals surface area contributed by atoms with Crippen LogP contribution in [0, 0.1) is 5.92 Å². The zero-order valence-electron chi connectivity index (χ0n) is 11.5. The molecule has 0 aliphatic heterocycles. The van der Waals surface area contributed by atoms with Gasteiger partial charge in [0.1, 0.15) is 5.75 Å². The number of amides is 1. The van der Waals surface area contributed by atoms with Gasteiger partial charge in [-0.15, -0.1) is 0 Å². The minimum absolute atomic E-state index is 0.0891. The van der Waals surface area contributed by atoms with Crippen LogP contribution in [0.15, 0.2) is 24.3 Å². The van der Waals surface area contributed by atoms with Gasteiger partial charge in [-0.05, 0) is 37.5 Å². The Bertz CT molecular complexity index is 412. The molecule has 0 saturated heterocycles. The first-order valence-corrected chi connectivity index (χ1v) is 6.76. The molecule has 104 valence electrons. The summed E-state index contributed by atoms with van der Waals surface area (Å²) in [6.07, 6.45) is 2.02. The second-order valence-electron chi connectivity index (χ2n) is 4.79. The van der Waals surface area contributed by atoms with Crippen molar-refractivity contribution in [2.24, 2.45) is 5.92 Å². The number of nitrogens with one attached hydrogen (secondary N) is 1. The van der Waals surface area contributed by atoms with Crippen LogP contribution in [0.1, 0.15) is 31.4 Å². The van der Waals surface area contributed by atoms with E-state index in [9.17, 15) is 4.79 Å². The summed E-state index contributed by atoms with van der Waals surface area (Å²) in [6, 6.07) is 7.70. The molecular formula is C15H21NO3. The standard InChI is InChI=1S/C15H21NO3/c1-3-19-13-8-6-11(7-9-13)14(10-18-2)16-15(17)12-4-5-12/h6-9,12,14H,3-5,10H2,1-2H3,(H,16,17)/t14-/m0/s1. The third kappa shape index (κ3) is 3.96. The molecule has 1 saturated carbocycles. The summed E-state index contributed by atoms with van der Waals surface area (Å²) < 4.78 is 10.6. The molecule has 1 fully saturated rings. The summed E-state index contributed by atoms with van der Waals surface area (Å²) in [5.41, 5.74) is 1.04. The van der Waals surface area contributed by atoms with E-state index in [1.165, 1.54) is 0 Å². The minimum Gasteiger partial charge on any atom is -0.494 e. The fourth-order valence-corrected chi connectivity index (χ4v) is 1.99. The lowest BCUT2D eigenvalue weighted by Gasteiger charge is -2.18. The van der Waals surface area contributed by atoms with Crippen LogP contribution in [0.3, 0.4) is 0 Å². The lowest BCUT2D eigenvalue weighted by atomic mass is 10.1. The molecule has 1 atom stereocenters. The molecule has 0 spiro atoms. The molecule has 1 aliphatic rings. The highest BCUT2D eigenvalue weighted by atomic mass is 16.5. The molecule has 1 N–H and O–H groups in total.